The fourth-order valence-electron chi connectivity index (χ4n) is 3.27. The molecule has 0 saturated carbocycles. The van der Waals surface area contributed by atoms with Gasteiger partial charge < -0.3 is 14.3 Å². The maximum Gasteiger partial charge on any atom is 0.294 e. The Hall–Kier alpha value is -3.85. The molecule has 1 saturated heterocycles. The number of aromatic amines is 1. The number of hydrogen-bond donors (Lipinski definition) is 1. The molecular formula is C23H19N3O5S. The first kappa shape index (κ1) is 21.4. The molecule has 2 aromatic heterocycles. The number of thioether (sulfide) groups is 1. The van der Waals surface area contributed by atoms with Gasteiger partial charge in [0.2, 0.25) is 11.5 Å². The first-order chi connectivity index (χ1) is 15.4. The van der Waals surface area contributed by atoms with Gasteiger partial charge in [-0.1, -0.05) is 24.3 Å². The minimum atomic E-state index is -0.521. The van der Waals surface area contributed by atoms with Gasteiger partial charge in [0.15, 0.2) is 0 Å². The van der Waals surface area contributed by atoms with Gasteiger partial charge in [0, 0.05) is 30.6 Å². The van der Waals surface area contributed by atoms with Crippen LogP contribution < -0.4 is 5.56 Å². The molecule has 0 bridgehead atoms. The van der Waals surface area contributed by atoms with E-state index in [9.17, 15) is 19.2 Å². The van der Waals surface area contributed by atoms with Crippen LogP contribution in [0.25, 0.3) is 17.0 Å². The van der Waals surface area contributed by atoms with Crippen molar-refractivity contribution < 1.29 is 18.8 Å². The van der Waals surface area contributed by atoms with Crippen molar-refractivity contribution in [1.82, 2.24) is 14.8 Å². The molecular weight excluding hydrogens is 430 g/mol. The number of pyridine rings is 1. The number of benzene rings is 1. The number of amides is 3. The van der Waals surface area contributed by atoms with Gasteiger partial charge >= 0.3 is 0 Å². The van der Waals surface area contributed by atoms with Crippen molar-refractivity contribution in [3.63, 3.8) is 0 Å². The third-order valence-electron chi connectivity index (χ3n) is 4.89. The number of carbonyl (C=O) groups is 3. The lowest BCUT2D eigenvalue weighted by Gasteiger charge is -2.21. The number of likely N-dealkylation sites (N-methyl/N-ethyl adjacent to an activating group) is 1. The molecule has 3 heterocycles. The van der Waals surface area contributed by atoms with E-state index in [0.717, 1.165) is 22.0 Å². The number of para-hydroxylation sites is 1. The number of rotatable bonds is 6. The molecule has 4 rings (SSSR count). The van der Waals surface area contributed by atoms with Crippen molar-refractivity contribution in [3.8, 4) is 0 Å². The molecule has 1 fully saturated rings. The predicted molar refractivity (Wildman–Crippen MR) is 122 cm³/mol. The van der Waals surface area contributed by atoms with Crippen molar-refractivity contribution >= 4 is 45.8 Å². The van der Waals surface area contributed by atoms with E-state index in [4.69, 9.17) is 4.42 Å². The van der Waals surface area contributed by atoms with E-state index in [0.29, 0.717) is 16.8 Å². The molecule has 0 spiro atoms. The number of imide groups is 1. The highest BCUT2D eigenvalue weighted by Gasteiger charge is 2.36. The largest absolute Gasteiger partial charge is 0.465 e. The number of fused-ring (bicyclic) bond motifs is 1. The summed E-state index contributed by atoms with van der Waals surface area (Å²) >= 11 is 0.781. The van der Waals surface area contributed by atoms with Crippen molar-refractivity contribution in [2.75, 3.05) is 13.6 Å². The number of carbonyl (C=O) groups excluding carboxylic acids is 3. The molecule has 3 amide bonds. The zero-order valence-electron chi connectivity index (χ0n) is 17.1. The predicted octanol–water partition coefficient (Wildman–Crippen LogP) is 3.37. The van der Waals surface area contributed by atoms with Crippen molar-refractivity contribution in [2.24, 2.45) is 0 Å². The van der Waals surface area contributed by atoms with E-state index in [2.05, 4.69) is 4.98 Å². The van der Waals surface area contributed by atoms with Crippen LogP contribution in [0.15, 0.2) is 75.0 Å². The highest BCUT2D eigenvalue weighted by atomic mass is 32.2. The molecule has 0 atom stereocenters. The average Bonchev–Trinajstić information content (AvgIpc) is 3.37. The van der Waals surface area contributed by atoms with Gasteiger partial charge in [0.25, 0.3) is 11.1 Å². The second kappa shape index (κ2) is 9.11. The smallest absolute Gasteiger partial charge is 0.294 e. The molecule has 3 aromatic rings. The summed E-state index contributed by atoms with van der Waals surface area (Å²) in [4.78, 5) is 54.9. The second-order valence-corrected chi connectivity index (χ2v) is 8.11. The average molecular weight is 449 g/mol. The Bertz CT molecular complexity index is 1310. The minimum absolute atomic E-state index is 0.168. The number of H-pyrrole nitrogens is 1. The maximum atomic E-state index is 12.7. The van der Waals surface area contributed by atoms with E-state index >= 15 is 0 Å². The zero-order chi connectivity index (χ0) is 22.7. The van der Waals surface area contributed by atoms with E-state index < -0.39 is 17.1 Å². The quantitative estimate of drug-likeness (QED) is 0.579. The van der Waals surface area contributed by atoms with Gasteiger partial charge in [-0.2, -0.15) is 0 Å². The molecule has 32 heavy (non-hydrogen) atoms. The molecule has 9 heteroatoms. The topological polar surface area (TPSA) is 104 Å². The first-order valence-electron chi connectivity index (χ1n) is 9.73. The highest BCUT2D eigenvalue weighted by Crippen LogP contribution is 2.30. The number of furan rings is 1. The summed E-state index contributed by atoms with van der Waals surface area (Å²) in [6.07, 6.45) is 6.33. The molecule has 1 aliphatic heterocycles. The maximum absolute atomic E-state index is 12.7. The molecule has 0 unspecified atom stereocenters. The molecule has 162 valence electrons. The van der Waals surface area contributed by atoms with Crippen LogP contribution in [-0.4, -0.2) is 45.4 Å². The Labute approximate surface area is 187 Å². The van der Waals surface area contributed by atoms with Crippen LogP contribution in [-0.2, 0) is 16.1 Å². The highest BCUT2D eigenvalue weighted by molar-refractivity contribution is 8.18. The molecule has 1 aromatic carbocycles. The van der Waals surface area contributed by atoms with Crippen LogP contribution >= 0.6 is 11.8 Å². The van der Waals surface area contributed by atoms with E-state index in [1.54, 1.807) is 37.4 Å². The molecule has 0 aliphatic carbocycles. The van der Waals surface area contributed by atoms with Crippen molar-refractivity contribution in [3.05, 3.63) is 87.5 Å². The van der Waals surface area contributed by atoms with Crippen LogP contribution in [0, 0.1) is 0 Å². The van der Waals surface area contributed by atoms with Crippen molar-refractivity contribution in [2.45, 2.75) is 6.54 Å². The number of allylic oxidation sites excluding steroid dienone is 2. The second-order valence-electron chi connectivity index (χ2n) is 7.12. The number of nitrogens with zero attached hydrogens (tertiary/aromatic N) is 2. The Kier molecular flexibility index (Phi) is 6.09. The molecule has 8 nitrogen and oxygen atoms in total. The fourth-order valence-corrected chi connectivity index (χ4v) is 4.06. The summed E-state index contributed by atoms with van der Waals surface area (Å²) in [6, 6.07) is 12.2. The Balaban J connectivity index is 1.44. The van der Waals surface area contributed by atoms with Gasteiger partial charge in [-0.25, -0.2) is 0 Å². The summed E-state index contributed by atoms with van der Waals surface area (Å²) in [6.45, 7) is -0.206. The SMILES string of the molecule is CN(Cc1cc(=O)[nH]c2ccccc12)C(=O)CN1C(=O)SC(=CC=Cc2ccco2)C1=O. The minimum Gasteiger partial charge on any atom is -0.465 e. The summed E-state index contributed by atoms with van der Waals surface area (Å²) in [7, 11) is 1.57. The molecule has 0 radical (unpaired) electrons. The van der Waals surface area contributed by atoms with Crippen LogP contribution in [0.3, 0.4) is 0 Å². The summed E-state index contributed by atoms with van der Waals surface area (Å²) in [5, 5.41) is 0.320. The van der Waals surface area contributed by atoms with Gasteiger partial charge in [-0.15, -0.1) is 0 Å². The summed E-state index contributed by atoms with van der Waals surface area (Å²) in [5.74, 6) is -0.318. The lowest BCUT2D eigenvalue weighted by atomic mass is 10.1. The molecule has 1 aliphatic rings. The van der Waals surface area contributed by atoms with Crippen LogP contribution in [0.2, 0.25) is 0 Å². The van der Waals surface area contributed by atoms with Gasteiger partial charge in [-0.3, -0.25) is 24.1 Å². The fraction of sp³-hybridized carbons (Fsp3) is 0.130. The van der Waals surface area contributed by atoms with E-state index in [1.165, 1.54) is 23.3 Å². The lowest BCUT2D eigenvalue weighted by Crippen LogP contribution is -2.40. The third kappa shape index (κ3) is 4.57. The summed E-state index contributed by atoms with van der Waals surface area (Å²) in [5.41, 5.74) is 1.09. The Morgan fingerprint density at radius 3 is 2.78 bits per heavy atom. The Morgan fingerprint density at radius 1 is 1.19 bits per heavy atom. The third-order valence-corrected chi connectivity index (χ3v) is 5.81. The van der Waals surface area contributed by atoms with Gasteiger partial charge in [0.05, 0.1) is 11.2 Å². The van der Waals surface area contributed by atoms with E-state index in [-0.39, 0.29) is 23.6 Å². The standard InChI is InChI=1S/C23H19N3O5S/c1-25(13-15-12-20(27)24-18-9-3-2-8-17(15)18)21(28)14-26-22(29)19(32-23(26)30)10-4-6-16-7-5-11-31-16/h2-12H,13-14H2,1H3,(H,24,27). The summed E-state index contributed by atoms with van der Waals surface area (Å²) < 4.78 is 5.17. The van der Waals surface area contributed by atoms with Crippen molar-refractivity contribution in [1.29, 1.82) is 0 Å². The monoisotopic (exact) mass is 449 g/mol. The van der Waals surface area contributed by atoms with Gasteiger partial charge in [-0.05, 0) is 47.7 Å². The van der Waals surface area contributed by atoms with Crippen LogP contribution in [0.1, 0.15) is 11.3 Å². The Morgan fingerprint density at radius 2 is 2.00 bits per heavy atom. The van der Waals surface area contributed by atoms with Crippen LogP contribution in [0.4, 0.5) is 4.79 Å². The number of hydrogen-bond acceptors (Lipinski definition) is 6. The zero-order valence-corrected chi connectivity index (χ0v) is 17.9. The van der Waals surface area contributed by atoms with E-state index in [1.807, 2.05) is 18.2 Å². The lowest BCUT2D eigenvalue weighted by molar-refractivity contribution is -0.135. The number of aromatic nitrogens is 1. The normalized spacial score (nSPS) is 15.4. The number of nitrogens with one attached hydrogen (secondary N) is 1. The molecule has 1 N–H and O–H groups in total. The first-order valence-corrected chi connectivity index (χ1v) is 10.5. The van der Waals surface area contributed by atoms with Gasteiger partial charge in [0.1, 0.15) is 12.3 Å². The van der Waals surface area contributed by atoms with Crippen LogP contribution in [0.5, 0.6) is 0 Å².